The highest BCUT2D eigenvalue weighted by molar-refractivity contribution is 6.02. The molecule has 1 aliphatic carbocycles. The van der Waals surface area contributed by atoms with Crippen LogP contribution in [0.25, 0.3) is 0 Å². The van der Waals surface area contributed by atoms with Gasteiger partial charge in [-0.25, -0.2) is 0 Å². The third kappa shape index (κ3) is 2.55. The molecule has 4 heteroatoms. The highest BCUT2D eigenvalue weighted by atomic mass is 16.6. The summed E-state index contributed by atoms with van der Waals surface area (Å²) in [5, 5.41) is 0. The summed E-state index contributed by atoms with van der Waals surface area (Å²) in [6.45, 7) is 2.13. The molecule has 1 aromatic rings. The lowest BCUT2D eigenvalue weighted by molar-refractivity contribution is -0.110. The van der Waals surface area contributed by atoms with E-state index in [1.165, 1.54) is 0 Å². The van der Waals surface area contributed by atoms with Gasteiger partial charge in [0.05, 0.1) is 17.3 Å². The number of carbonyl (C=O) groups is 1. The fraction of sp³-hybridized carbons (Fsp3) is 0.611. The highest BCUT2D eigenvalue weighted by Crippen LogP contribution is 2.39. The van der Waals surface area contributed by atoms with E-state index in [0.717, 1.165) is 62.2 Å². The summed E-state index contributed by atoms with van der Waals surface area (Å²) in [7, 11) is 0. The summed E-state index contributed by atoms with van der Waals surface area (Å²) in [6, 6.07) is 5.90. The highest BCUT2D eigenvalue weighted by Gasteiger charge is 2.41. The lowest BCUT2D eigenvalue weighted by Gasteiger charge is -2.33. The van der Waals surface area contributed by atoms with Crippen LogP contribution in [0.4, 0.5) is 0 Å². The molecule has 2 fully saturated rings. The monoisotopic (exact) mass is 302 g/mol. The zero-order chi connectivity index (χ0) is 15.0. The number of aryl methyl sites for hydroxylation is 1. The number of benzene rings is 1. The summed E-state index contributed by atoms with van der Waals surface area (Å²) in [5.41, 5.74) is 1.93. The number of ether oxygens (including phenoxy) is 3. The van der Waals surface area contributed by atoms with Crippen molar-refractivity contribution in [3.63, 3.8) is 0 Å². The summed E-state index contributed by atoms with van der Waals surface area (Å²) >= 11 is 0. The number of rotatable bonds is 3. The Morgan fingerprint density at radius 3 is 2.91 bits per heavy atom. The molecular formula is C18H22O4. The van der Waals surface area contributed by atoms with E-state index in [9.17, 15) is 4.79 Å². The normalized spacial score (nSPS) is 26.4. The molecule has 0 saturated carbocycles. The molecule has 0 N–H and O–H groups in total. The molecule has 22 heavy (non-hydrogen) atoms. The average Bonchev–Trinajstić information content (AvgIpc) is 3.11. The van der Waals surface area contributed by atoms with Crippen LogP contribution in [0.15, 0.2) is 18.2 Å². The van der Waals surface area contributed by atoms with Gasteiger partial charge in [0.2, 0.25) is 0 Å². The van der Waals surface area contributed by atoms with E-state index < -0.39 is 0 Å². The summed E-state index contributed by atoms with van der Waals surface area (Å²) in [6.07, 6.45) is 5.68. The molecule has 0 bridgehead atoms. The van der Waals surface area contributed by atoms with Crippen molar-refractivity contribution >= 4 is 5.78 Å². The minimum absolute atomic E-state index is 0.0146. The van der Waals surface area contributed by atoms with Crippen molar-refractivity contribution in [3.05, 3.63) is 29.3 Å². The fourth-order valence-electron chi connectivity index (χ4n) is 3.90. The number of hydrogen-bond donors (Lipinski definition) is 0. The zero-order valence-electron chi connectivity index (χ0n) is 12.8. The second-order valence-electron chi connectivity index (χ2n) is 6.60. The molecule has 2 aliphatic heterocycles. The number of fused-ring (bicyclic) bond motifs is 1. The molecule has 1 unspecified atom stereocenters. The lowest BCUT2D eigenvalue weighted by Crippen LogP contribution is -2.37. The largest absolute Gasteiger partial charge is 0.490 e. The van der Waals surface area contributed by atoms with Gasteiger partial charge in [-0.15, -0.1) is 0 Å². The molecule has 4 nitrogen and oxygen atoms in total. The van der Waals surface area contributed by atoms with Gasteiger partial charge in [0, 0.05) is 19.6 Å². The Bertz CT molecular complexity index is 574. The van der Waals surface area contributed by atoms with Gasteiger partial charge >= 0.3 is 0 Å². The van der Waals surface area contributed by atoms with Gasteiger partial charge in [-0.1, -0.05) is 12.1 Å². The fourth-order valence-corrected chi connectivity index (χ4v) is 3.90. The average molecular weight is 302 g/mol. The van der Waals surface area contributed by atoms with E-state index in [1.807, 2.05) is 18.2 Å². The van der Waals surface area contributed by atoms with Gasteiger partial charge in [0.1, 0.15) is 12.4 Å². The molecule has 1 spiro atoms. The first kappa shape index (κ1) is 14.2. The van der Waals surface area contributed by atoms with Crippen molar-refractivity contribution in [1.82, 2.24) is 0 Å². The van der Waals surface area contributed by atoms with Gasteiger partial charge in [-0.05, 0) is 43.7 Å². The summed E-state index contributed by atoms with van der Waals surface area (Å²) in [4.78, 5) is 12.0. The Morgan fingerprint density at radius 2 is 2.05 bits per heavy atom. The molecule has 2 saturated heterocycles. The van der Waals surface area contributed by atoms with Gasteiger partial charge in [0.25, 0.3) is 0 Å². The van der Waals surface area contributed by atoms with Gasteiger partial charge in [-0.2, -0.15) is 0 Å². The van der Waals surface area contributed by atoms with Crippen LogP contribution in [0.2, 0.25) is 0 Å². The predicted octanol–water partition coefficient (Wildman–Crippen LogP) is 2.92. The number of ketones is 1. The van der Waals surface area contributed by atoms with E-state index in [2.05, 4.69) is 0 Å². The van der Waals surface area contributed by atoms with Crippen molar-refractivity contribution in [2.75, 3.05) is 19.8 Å². The first-order chi connectivity index (χ1) is 10.8. The van der Waals surface area contributed by atoms with Crippen LogP contribution in [0.3, 0.4) is 0 Å². The van der Waals surface area contributed by atoms with Gasteiger partial charge in [-0.3, -0.25) is 4.79 Å². The SMILES string of the molecule is O=C1CCc2cccc(OCC3CCC4(CCOCC4)O3)c21. The van der Waals surface area contributed by atoms with Crippen LogP contribution in [-0.4, -0.2) is 37.3 Å². The van der Waals surface area contributed by atoms with Crippen LogP contribution < -0.4 is 4.74 Å². The Balaban J connectivity index is 1.40. The molecule has 118 valence electrons. The van der Waals surface area contributed by atoms with Gasteiger partial charge in [0.15, 0.2) is 5.78 Å². The number of carbonyl (C=O) groups excluding carboxylic acids is 1. The molecule has 1 atom stereocenters. The van der Waals surface area contributed by atoms with Crippen molar-refractivity contribution in [2.45, 2.75) is 50.2 Å². The quantitative estimate of drug-likeness (QED) is 0.861. The Kier molecular flexibility index (Phi) is 3.66. The van der Waals surface area contributed by atoms with Crippen LogP contribution in [0.5, 0.6) is 5.75 Å². The minimum Gasteiger partial charge on any atom is -0.490 e. The molecule has 1 aromatic carbocycles. The Morgan fingerprint density at radius 1 is 1.18 bits per heavy atom. The Hall–Kier alpha value is -1.39. The van der Waals surface area contributed by atoms with E-state index in [-0.39, 0.29) is 17.5 Å². The summed E-state index contributed by atoms with van der Waals surface area (Å²) < 4.78 is 17.7. The lowest BCUT2D eigenvalue weighted by atomic mass is 9.91. The standard InChI is InChI=1S/C18H22O4/c19-15-5-4-13-2-1-3-16(17(13)15)21-12-14-6-7-18(22-14)8-10-20-11-9-18/h1-3,14H,4-12H2. The van der Waals surface area contributed by atoms with E-state index in [4.69, 9.17) is 14.2 Å². The summed E-state index contributed by atoms with van der Waals surface area (Å²) in [5.74, 6) is 0.940. The van der Waals surface area contributed by atoms with Crippen LogP contribution >= 0.6 is 0 Å². The molecular weight excluding hydrogens is 280 g/mol. The molecule has 2 heterocycles. The smallest absolute Gasteiger partial charge is 0.167 e. The Labute approximate surface area is 130 Å². The predicted molar refractivity (Wildman–Crippen MR) is 81.5 cm³/mol. The maximum absolute atomic E-state index is 12.0. The molecule has 0 aromatic heterocycles. The molecule has 4 rings (SSSR count). The van der Waals surface area contributed by atoms with Crippen molar-refractivity contribution in [2.24, 2.45) is 0 Å². The zero-order valence-corrected chi connectivity index (χ0v) is 12.8. The number of Topliss-reactive ketones (excluding diaryl/α,β-unsaturated/α-hetero) is 1. The molecule has 3 aliphatic rings. The van der Waals surface area contributed by atoms with Crippen molar-refractivity contribution in [3.8, 4) is 5.75 Å². The van der Waals surface area contributed by atoms with E-state index in [0.29, 0.717) is 13.0 Å². The van der Waals surface area contributed by atoms with Crippen molar-refractivity contribution in [1.29, 1.82) is 0 Å². The van der Waals surface area contributed by atoms with E-state index in [1.54, 1.807) is 0 Å². The van der Waals surface area contributed by atoms with Crippen LogP contribution in [-0.2, 0) is 15.9 Å². The van der Waals surface area contributed by atoms with Gasteiger partial charge < -0.3 is 14.2 Å². The first-order valence-corrected chi connectivity index (χ1v) is 8.29. The maximum Gasteiger partial charge on any atom is 0.167 e. The van der Waals surface area contributed by atoms with Crippen LogP contribution in [0, 0.1) is 0 Å². The van der Waals surface area contributed by atoms with E-state index >= 15 is 0 Å². The van der Waals surface area contributed by atoms with Crippen molar-refractivity contribution < 1.29 is 19.0 Å². The third-order valence-electron chi connectivity index (χ3n) is 5.18. The topological polar surface area (TPSA) is 44.8 Å². The minimum atomic E-state index is 0.0146. The second kappa shape index (κ2) is 5.67. The number of hydrogen-bond acceptors (Lipinski definition) is 4. The molecule has 0 radical (unpaired) electrons. The second-order valence-corrected chi connectivity index (χ2v) is 6.60. The maximum atomic E-state index is 12.0. The first-order valence-electron chi connectivity index (χ1n) is 8.29. The van der Waals surface area contributed by atoms with Crippen LogP contribution in [0.1, 0.15) is 48.0 Å². The molecule has 0 amide bonds. The third-order valence-corrected chi connectivity index (χ3v) is 5.18.